The topological polar surface area (TPSA) is 99.5 Å². The van der Waals surface area contributed by atoms with Crippen LogP contribution in [0.1, 0.15) is 22.3 Å². The first-order valence-electron chi connectivity index (χ1n) is 12.3. The van der Waals surface area contributed by atoms with Crippen LogP contribution in [0.25, 0.3) is 10.9 Å². The molecule has 1 amide bonds. The van der Waals surface area contributed by atoms with Crippen LogP contribution in [0.2, 0.25) is 0 Å². The molecule has 10 heteroatoms. The fourth-order valence-corrected chi connectivity index (χ4v) is 4.91. The van der Waals surface area contributed by atoms with Crippen LogP contribution in [0.5, 0.6) is 11.5 Å². The van der Waals surface area contributed by atoms with Crippen molar-refractivity contribution < 1.29 is 23.5 Å². The molecule has 0 aliphatic heterocycles. The first-order chi connectivity index (χ1) is 18.9. The molecule has 0 bridgehead atoms. The number of ketones is 1. The number of fused-ring (bicyclic) bond motifs is 1. The predicted octanol–water partition coefficient (Wildman–Crippen LogP) is 4.28. The van der Waals surface area contributed by atoms with E-state index in [1.807, 2.05) is 18.2 Å². The molecule has 0 aliphatic rings. The van der Waals surface area contributed by atoms with Gasteiger partial charge in [0.05, 0.1) is 30.9 Å². The van der Waals surface area contributed by atoms with Gasteiger partial charge in [0, 0.05) is 25.1 Å². The van der Waals surface area contributed by atoms with Gasteiger partial charge in [0.1, 0.15) is 5.82 Å². The summed E-state index contributed by atoms with van der Waals surface area (Å²) in [5.74, 6) is 0.399. The summed E-state index contributed by atoms with van der Waals surface area (Å²) in [5.41, 5.74) is 1.57. The molecular formula is C29H28FN3O5S. The van der Waals surface area contributed by atoms with Gasteiger partial charge in [-0.05, 0) is 60.5 Å². The summed E-state index contributed by atoms with van der Waals surface area (Å²) < 4.78 is 25.2. The normalized spacial score (nSPS) is 10.8. The summed E-state index contributed by atoms with van der Waals surface area (Å²) in [6.07, 6.45) is 0.654. The Hall–Kier alpha value is -4.18. The molecule has 4 rings (SSSR count). The lowest BCUT2D eigenvalue weighted by Gasteiger charge is -2.13. The zero-order chi connectivity index (χ0) is 27.8. The van der Waals surface area contributed by atoms with E-state index in [1.54, 1.807) is 38.5 Å². The van der Waals surface area contributed by atoms with Crippen LogP contribution in [0.3, 0.4) is 0 Å². The summed E-state index contributed by atoms with van der Waals surface area (Å²) in [7, 11) is 3.14. The second-order valence-corrected chi connectivity index (χ2v) is 9.57. The highest BCUT2D eigenvalue weighted by Gasteiger charge is 2.15. The second kappa shape index (κ2) is 13.1. The van der Waals surface area contributed by atoms with Crippen LogP contribution < -0.4 is 20.3 Å². The highest BCUT2D eigenvalue weighted by Crippen LogP contribution is 2.27. The van der Waals surface area contributed by atoms with E-state index in [2.05, 4.69) is 10.3 Å². The molecule has 8 nitrogen and oxygen atoms in total. The summed E-state index contributed by atoms with van der Waals surface area (Å²) in [6.45, 7) is 0.513. The molecule has 3 aromatic carbocycles. The molecule has 202 valence electrons. The predicted molar refractivity (Wildman–Crippen MR) is 148 cm³/mol. The standard InChI is InChI=1S/C29H28FN3O5S/c1-37-25-12-7-19(17-26(25)38-2)13-15-31-27(35)14-16-33-28(36)22-5-3-4-6-23(22)32-29(33)39-18-24(34)20-8-10-21(30)11-9-20/h3-12,17H,13-16,18H2,1-2H3,(H,31,35). The number of rotatable bonds is 12. The maximum Gasteiger partial charge on any atom is 0.262 e. The Labute approximate surface area is 229 Å². The molecule has 0 aliphatic carbocycles. The number of aromatic nitrogens is 2. The largest absolute Gasteiger partial charge is 0.493 e. The molecule has 0 saturated heterocycles. The second-order valence-electron chi connectivity index (χ2n) is 8.63. The number of hydrogen-bond acceptors (Lipinski definition) is 7. The van der Waals surface area contributed by atoms with E-state index in [0.29, 0.717) is 46.1 Å². The lowest BCUT2D eigenvalue weighted by Crippen LogP contribution is -2.30. The van der Waals surface area contributed by atoms with Crippen LogP contribution >= 0.6 is 11.8 Å². The summed E-state index contributed by atoms with van der Waals surface area (Å²) >= 11 is 1.11. The minimum atomic E-state index is -0.425. The first-order valence-corrected chi connectivity index (χ1v) is 13.3. The Kier molecular flexibility index (Phi) is 9.32. The molecule has 39 heavy (non-hydrogen) atoms. The smallest absolute Gasteiger partial charge is 0.262 e. The Bertz CT molecular complexity index is 1540. The molecule has 0 spiro atoms. The highest BCUT2D eigenvalue weighted by atomic mass is 32.2. The van der Waals surface area contributed by atoms with E-state index in [9.17, 15) is 18.8 Å². The number of hydrogen-bond donors (Lipinski definition) is 1. The van der Waals surface area contributed by atoms with Crippen molar-refractivity contribution in [2.75, 3.05) is 26.5 Å². The Morgan fingerprint density at radius 2 is 1.74 bits per heavy atom. The third kappa shape index (κ3) is 7.02. The summed E-state index contributed by atoms with van der Waals surface area (Å²) in [6, 6.07) is 17.8. The van der Waals surface area contributed by atoms with Crippen molar-refractivity contribution in [2.45, 2.75) is 24.5 Å². The molecule has 0 fully saturated rings. The van der Waals surface area contributed by atoms with Gasteiger partial charge >= 0.3 is 0 Å². The number of amides is 1. The number of carbonyl (C=O) groups is 2. The number of nitrogens with one attached hydrogen (secondary N) is 1. The number of carbonyl (C=O) groups excluding carboxylic acids is 2. The monoisotopic (exact) mass is 549 g/mol. The number of nitrogens with zero attached hydrogens (tertiary/aromatic N) is 2. The van der Waals surface area contributed by atoms with E-state index in [4.69, 9.17) is 9.47 Å². The quantitative estimate of drug-likeness (QED) is 0.160. The van der Waals surface area contributed by atoms with Crippen molar-refractivity contribution in [3.63, 3.8) is 0 Å². The SMILES string of the molecule is COc1ccc(CCNC(=O)CCn2c(SCC(=O)c3ccc(F)cc3)nc3ccccc3c2=O)cc1OC. The molecular weight excluding hydrogens is 521 g/mol. The van der Waals surface area contributed by atoms with Crippen LogP contribution in [0.15, 0.2) is 76.7 Å². The first kappa shape index (κ1) is 27.8. The van der Waals surface area contributed by atoms with Gasteiger partial charge in [-0.3, -0.25) is 19.0 Å². The number of halogens is 1. The minimum absolute atomic E-state index is 0.00787. The zero-order valence-electron chi connectivity index (χ0n) is 21.6. The van der Waals surface area contributed by atoms with Crippen LogP contribution in [-0.4, -0.2) is 47.8 Å². The summed E-state index contributed by atoms with van der Waals surface area (Å²) in [5, 5.41) is 3.65. The van der Waals surface area contributed by atoms with Crippen molar-refractivity contribution in [1.29, 1.82) is 0 Å². The van der Waals surface area contributed by atoms with Gasteiger partial charge in [-0.15, -0.1) is 0 Å². The molecule has 0 radical (unpaired) electrons. The molecule has 1 heterocycles. The average Bonchev–Trinajstić information content (AvgIpc) is 2.95. The van der Waals surface area contributed by atoms with Gasteiger partial charge in [0.15, 0.2) is 22.4 Å². The molecule has 0 atom stereocenters. The van der Waals surface area contributed by atoms with Crippen molar-refractivity contribution in [1.82, 2.24) is 14.9 Å². The van der Waals surface area contributed by atoms with Gasteiger partial charge in [-0.1, -0.05) is 30.0 Å². The van der Waals surface area contributed by atoms with Gasteiger partial charge in [-0.2, -0.15) is 0 Å². The van der Waals surface area contributed by atoms with Gasteiger partial charge < -0.3 is 14.8 Å². The van der Waals surface area contributed by atoms with Crippen molar-refractivity contribution >= 4 is 34.4 Å². The van der Waals surface area contributed by atoms with Crippen molar-refractivity contribution in [3.05, 3.63) is 94.0 Å². The lowest BCUT2D eigenvalue weighted by molar-refractivity contribution is -0.121. The lowest BCUT2D eigenvalue weighted by atomic mass is 10.1. The number of methoxy groups -OCH3 is 2. The Morgan fingerprint density at radius 3 is 2.49 bits per heavy atom. The third-order valence-corrected chi connectivity index (χ3v) is 7.05. The number of para-hydroxylation sites is 1. The number of benzene rings is 3. The van der Waals surface area contributed by atoms with Crippen LogP contribution in [0, 0.1) is 5.82 Å². The van der Waals surface area contributed by atoms with Gasteiger partial charge in [0.25, 0.3) is 5.56 Å². The summed E-state index contributed by atoms with van der Waals surface area (Å²) in [4.78, 5) is 43.1. The average molecular weight is 550 g/mol. The van der Waals surface area contributed by atoms with Crippen molar-refractivity contribution in [3.8, 4) is 11.5 Å². The third-order valence-electron chi connectivity index (χ3n) is 6.07. The number of Topliss-reactive ketones (excluding diaryl/α,β-unsaturated/α-hetero) is 1. The minimum Gasteiger partial charge on any atom is -0.493 e. The Balaban J connectivity index is 1.41. The maximum absolute atomic E-state index is 13.3. The fourth-order valence-electron chi connectivity index (χ4n) is 3.99. The molecule has 0 saturated carbocycles. The van der Waals surface area contributed by atoms with Crippen molar-refractivity contribution in [2.24, 2.45) is 0 Å². The number of thioether (sulfide) groups is 1. The Morgan fingerprint density at radius 1 is 1.00 bits per heavy atom. The highest BCUT2D eigenvalue weighted by molar-refractivity contribution is 7.99. The van der Waals surface area contributed by atoms with E-state index in [0.717, 1.165) is 17.3 Å². The zero-order valence-corrected chi connectivity index (χ0v) is 22.4. The molecule has 1 N–H and O–H groups in total. The van der Waals surface area contributed by atoms with E-state index >= 15 is 0 Å². The van der Waals surface area contributed by atoms with E-state index in [-0.39, 0.29) is 36.0 Å². The molecule has 1 aromatic heterocycles. The van der Waals surface area contributed by atoms with Crippen LogP contribution in [-0.2, 0) is 17.8 Å². The van der Waals surface area contributed by atoms with Gasteiger partial charge in [-0.25, -0.2) is 9.37 Å². The number of ether oxygens (including phenoxy) is 2. The fraction of sp³-hybridized carbons (Fsp3) is 0.241. The maximum atomic E-state index is 13.3. The molecule has 0 unspecified atom stereocenters. The van der Waals surface area contributed by atoms with E-state index < -0.39 is 5.82 Å². The van der Waals surface area contributed by atoms with Crippen LogP contribution in [0.4, 0.5) is 4.39 Å². The molecule has 4 aromatic rings. The van der Waals surface area contributed by atoms with E-state index in [1.165, 1.54) is 28.8 Å². The van der Waals surface area contributed by atoms with Gasteiger partial charge in [0.2, 0.25) is 5.91 Å².